The van der Waals surface area contributed by atoms with Gasteiger partial charge in [-0.25, -0.2) is 0 Å². The highest BCUT2D eigenvalue weighted by molar-refractivity contribution is 5.92. The summed E-state index contributed by atoms with van der Waals surface area (Å²) in [4.78, 5) is 11.3. The number of alkyl halides is 3. The number of nitrogens with zero attached hydrogens (tertiary/aromatic N) is 1. The number of nitrogens with two attached hydrogens (primary N) is 1. The van der Waals surface area contributed by atoms with Gasteiger partial charge >= 0.3 is 6.18 Å². The molecule has 1 aromatic carbocycles. The average Bonchev–Trinajstić information content (AvgIpc) is 2.28. The Kier molecular flexibility index (Phi) is 4.15. The molecule has 0 aliphatic carbocycles. The molecule has 1 rings (SSSR count). The van der Waals surface area contributed by atoms with Crippen LogP contribution in [-0.4, -0.2) is 12.1 Å². The van der Waals surface area contributed by atoms with Crippen LogP contribution in [0.2, 0.25) is 0 Å². The highest BCUT2D eigenvalue weighted by Crippen LogP contribution is 2.22. The molecule has 0 heterocycles. The maximum absolute atomic E-state index is 11.9. The number of carbonyl (C=O) groups is 1. The van der Waals surface area contributed by atoms with E-state index in [1.165, 1.54) is 18.2 Å². The van der Waals surface area contributed by atoms with Crippen LogP contribution < -0.4 is 11.1 Å². The minimum absolute atomic E-state index is 0.107. The summed E-state index contributed by atoms with van der Waals surface area (Å²) in [6, 6.07) is 5.95. The van der Waals surface area contributed by atoms with Gasteiger partial charge in [0.25, 0.3) is 0 Å². The van der Waals surface area contributed by atoms with E-state index in [1.807, 2.05) is 0 Å². The predicted octanol–water partition coefficient (Wildman–Crippen LogP) is 2.42. The van der Waals surface area contributed by atoms with E-state index in [0.717, 1.165) is 0 Å². The van der Waals surface area contributed by atoms with E-state index in [1.54, 1.807) is 6.07 Å². The monoisotopic (exact) mass is 257 g/mol. The summed E-state index contributed by atoms with van der Waals surface area (Å²) in [6.07, 6.45) is -6.26. The maximum Gasteiger partial charge on any atom is 0.389 e. The van der Waals surface area contributed by atoms with Gasteiger partial charge in [-0.2, -0.15) is 18.4 Å². The summed E-state index contributed by atoms with van der Waals surface area (Å²) in [5.41, 5.74) is 6.03. The van der Waals surface area contributed by atoms with Crippen LogP contribution in [0.1, 0.15) is 18.4 Å². The molecule has 4 nitrogen and oxygen atoms in total. The molecule has 1 amide bonds. The zero-order valence-electron chi connectivity index (χ0n) is 9.21. The van der Waals surface area contributed by atoms with Crippen LogP contribution in [0.25, 0.3) is 0 Å². The van der Waals surface area contributed by atoms with E-state index in [-0.39, 0.29) is 11.3 Å². The van der Waals surface area contributed by atoms with Crippen molar-refractivity contribution in [3.8, 4) is 6.07 Å². The molecule has 96 valence electrons. The second-order valence-electron chi connectivity index (χ2n) is 3.58. The van der Waals surface area contributed by atoms with Crippen molar-refractivity contribution < 1.29 is 18.0 Å². The van der Waals surface area contributed by atoms with E-state index >= 15 is 0 Å². The lowest BCUT2D eigenvalue weighted by molar-refractivity contribution is -0.142. The zero-order chi connectivity index (χ0) is 13.8. The third kappa shape index (κ3) is 4.33. The minimum atomic E-state index is -4.38. The van der Waals surface area contributed by atoms with Crippen molar-refractivity contribution in [3.63, 3.8) is 0 Å². The first-order chi connectivity index (χ1) is 8.31. The molecular weight excluding hydrogens is 247 g/mol. The number of hydrogen-bond acceptors (Lipinski definition) is 3. The lowest BCUT2D eigenvalue weighted by atomic mass is 10.1. The van der Waals surface area contributed by atoms with Crippen LogP contribution >= 0.6 is 0 Å². The normalized spacial score (nSPS) is 10.8. The summed E-state index contributed by atoms with van der Waals surface area (Å²) < 4.78 is 35.7. The Morgan fingerprint density at radius 1 is 1.44 bits per heavy atom. The highest BCUT2D eigenvalue weighted by atomic mass is 19.4. The van der Waals surface area contributed by atoms with Gasteiger partial charge in [0, 0.05) is 12.1 Å². The first kappa shape index (κ1) is 13.8. The molecule has 0 aliphatic rings. The van der Waals surface area contributed by atoms with E-state index in [9.17, 15) is 18.0 Å². The summed E-state index contributed by atoms with van der Waals surface area (Å²) >= 11 is 0. The molecule has 18 heavy (non-hydrogen) atoms. The van der Waals surface area contributed by atoms with E-state index < -0.39 is 24.9 Å². The Morgan fingerprint density at radius 3 is 2.67 bits per heavy atom. The molecule has 7 heteroatoms. The van der Waals surface area contributed by atoms with Crippen molar-refractivity contribution in [2.45, 2.75) is 19.0 Å². The second kappa shape index (κ2) is 5.40. The quantitative estimate of drug-likeness (QED) is 0.816. The van der Waals surface area contributed by atoms with Gasteiger partial charge in [-0.05, 0) is 18.2 Å². The molecule has 0 atom stereocenters. The number of halogens is 3. The van der Waals surface area contributed by atoms with E-state index in [2.05, 4.69) is 5.32 Å². The number of rotatable bonds is 3. The van der Waals surface area contributed by atoms with Crippen LogP contribution in [0.15, 0.2) is 18.2 Å². The van der Waals surface area contributed by atoms with Gasteiger partial charge in [-0.3, -0.25) is 4.79 Å². The molecular formula is C11H10F3N3O. The van der Waals surface area contributed by atoms with Crippen molar-refractivity contribution in [3.05, 3.63) is 23.8 Å². The van der Waals surface area contributed by atoms with E-state index in [4.69, 9.17) is 11.0 Å². The van der Waals surface area contributed by atoms with Gasteiger partial charge in [0.2, 0.25) is 5.91 Å². The third-order valence-electron chi connectivity index (χ3n) is 2.07. The predicted molar refractivity (Wildman–Crippen MR) is 59.5 cm³/mol. The minimum Gasteiger partial charge on any atom is -0.399 e. The smallest absolute Gasteiger partial charge is 0.389 e. The van der Waals surface area contributed by atoms with Gasteiger partial charge in [0.05, 0.1) is 17.7 Å². The summed E-state index contributed by atoms with van der Waals surface area (Å²) in [6.45, 7) is 0. The van der Waals surface area contributed by atoms with Crippen molar-refractivity contribution in [1.82, 2.24) is 0 Å². The summed E-state index contributed by atoms with van der Waals surface area (Å²) in [7, 11) is 0. The standard InChI is InChI=1S/C11H10F3N3O/c12-11(13,14)4-3-10(18)17-9-2-1-8(16)5-7(9)6-15/h1-2,5H,3-4,16H2,(H,17,18). The number of carbonyl (C=O) groups excluding carboxylic acids is 1. The van der Waals surface area contributed by atoms with Gasteiger partial charge in [-0.15, -0.1) is 0 Å². The molecule has 0 spiro atoms. The first-order valence-corrected chi connectivity index (χ1v) is 4.98. The topological polar surface area (TPSA) is 78.9 Å². The molecule has 0 radical (unpaired) electrons. The van der Waals surface area contributed by atoms with Crippen molar-refractivity contribution >= 4 is 17.3 Å². The fourth-order valence-electron chi connectivity index (χ4n) is 1.23. The average molecular weight is 257 g/mol. The maximum atomic E-state index is 11.9. The van der Waals surface area contributed by atoms with Gasteiger partial charge in [-0.1, -0.05) is 0 Å². The van der Waals surface area contributed by atoms with Crippen LogP contribution in [0.5, 0.6) is 0 Å². The van der Waals surface area contributed by atoms with Gasteiger partial charge < -0.3 is 11.1 Å². The van der Waals surface area contributed by atoms with Crippen LogP contribution in [0, 0.1) is 11.3 Å². The van der Waals surface area contributed by atoms with Crippen LogP contribution in [0.3, 0.4) is 0 Å². The third-order valence-corrected chi connectivity index (χ3v) is 2.07. The molecule has 0 fully saturated rings. The molecule has 0 unspecified atom stereocenters. The Hall–Kier alpha value is -2.23. The largest absolute Gasteiger partial charge is 0.399 e. The van der Waals surface area contributed by atoms with Crippen LogP contribution in [-0.2, 0) is 4.79 Å². The number of nitrogens with one attached hydrogen (secondary N) is 1. The fraction of sp³-hybridized carbons (Fsp3) is 0.273. The lowest BCUT2D eigenvalue weighted by Gasteiger charge is -2.09. The molecule has 0 saturated carbocycles. The Balaban J connectivity index is 2.68. The number of hydrogen-bond donors (Lipinski definition) is 2. The van der Waals surface area contributed by atoms with Gasteiger partial charge in [0.1, 0.15) is 6.07 Å². The SMILES string of the molecule is N#Cc1cc(N)ccc1NC(=O)CCC(F)(F)F. The molecule has 3 N–H and O–H groups in total. The van der Waals surface area contributed by atoms with E-state index in [0.29, 0.717) is 5.69 Å². The first-order valence-electron chi connectivity index (χ1n) is 4.98. The number of amides is 1. The summed E-state index contributed by atoms with van der Waals surface area (Å²) in [5.74, 6) is -0.798. The second-order valence-corrected chi connectivity index (χ2v) is 3.58. The van der Waals surface area contributed by atoms with Crippen LogP contribution in [0.4, 0.5) is 24.5 Å². The Bertz CT molecular complexity index is 491. The Labute approximate surface area is 101 Å². The molecule has 0 bridgehead atoms. The molecule has 0 aliphatic heterocycles. The molecule has 1 aromatic rings. The number of anilines is 2. The number of benzene rings is 1. The zero-order valence-corrected chi connectivity index (χ0v) is 9.21. The van der Waals surface area contributed by atoms with Gasteiger partial charge in [0.15, 0.2) is 0 Å². The molecule has 0 saturated heterocycles. The molecule has 0 aromatic heterocycles. The highest BCUT2D eigenvalue weighted by Gasteiger charge is 2.27. The Morgan fingerprint density at radius 2 is 2.11 bits per heavy atom. The van der Waals surface area contributed by atoms with Crippen molar-refractivity contribution in [2.24, 2.45) is 0 Å². The summed E-state index contributed by atoms with van der Waals surface area (Å²) in [5, 5.41) is 11.0. The lowest BCUT2D eigenvalue weighted by Crippen LogP contribution is -2.17. The van der Waals surface area contributed by atoms with Crippen molar-refractivity contribution in [1.29, 1.82) is 5.26 Å². The fourth-order valence-corrected chi connectivity index (χ4v) is 1.23. The van der Waals surface area contributed by atoms with Crippen molar-refractivity contribution in [2.75, 3.05) is 11.1 Å². The number of nitriles is 1. The number of nitrogen functional groups attached to an aromatic ring is 1.